The Morgan fingerprint density at radius 2 is 1.89 bits per heavy atom. The lowest BCUT2D eigenvalue weighted by Gasteiger charge is -2.35. The summed E-state index contributed by atoms with van der Waals surface area (Å²) in [6.07, 6.45) is 3.41. The van der Waals surface area contributed by atoms with E-state index in [1.807, 2.05) is 30.3 Å². The minimum atomic E-state index is -1.90. The molecule has 0 aliphatic rings. The standard InChI is InChI=1S/C28H28ClFN4OSi/c1-28(2,3)36(4,5)35-16-8-11-19-9-6-12-24-25(19)27(32-21-13-14-23(30)22(29)17-21)34-26(33-24)20-10-7-15-31-18-20/h6-7,9-10,12-15,17-18H,16H2,1-5H3,(H,32,33,34). The fraction of sp³-hybridized carbons (Fsp3) is 0.250. The van der Waals surface area contributed by atoms with Crippen molar-refractivity contribution in [1.29, 1.82) is 0 Å². The Balaban J connectivity index is 1.78. The van der Waals surface area contributed by atoms with E-state index in [1.54, 1.807) is 18.5 Å². The fourth-order valence-electron chi connectivity index (χ4n) is 3.28. The summed E-state index contributed by atoms with van der Waals surface area (Å²) in [4.78, 5) is 13.7. The number of halogens is 2. The summed E-state index contributed by atoms with van der Waals surface area (Å²) in [5.41, 5.74) is 2.86. The van der Waals surface area contributed by atoms with E-state index < -0.39 is 14.1 Å². The monoisotopic (exact) mass is 518 g/mol. The molecule has 0 aliphatic heterocycles. The largest absolute Gasteiger partial charge is 0.406 e. The molecule has 0 aliphatic carbocycles. The van der Waals surface area contributed by atoms with Gasteiger partial charge in [0.05, 0.1) is 22.5 Å². The predicted octanol–water partition coefficient (Wildman–Crippen LogP) is 7.60. The van der Waals surface area contributed by atoms with Gasteiger partial charge in [-0.1, -0.05) is 50.3 Å². The van der Waals surface area contributed by atoms with Gasteiger partial charge in [0.1, 0.15) is 11.6 Å². The van der Waals surface area contributed by atoms with E-state index in [1.165, 1.54) is 12.1 Å². The second-order valence-electron chi connectivity index (χ2n) is 9.94. The van der Waals surface area contributed by atoms with Crippen molar-refractivity contribution in [1.82, 2.24) is 15.0 Å². The smallest absolute Gasteiger partial charge is 0.193 e. The van der Waals surface area contributed by atoms with Crippen molar-refractivity contribution in [2.75, 3.05) is 11.9 Å². The summed E-state index contributed by atoms with van der Waals surface area (Å²) in [6, 6.07) is 13.9. The molecule has 0 saturated heterocycles. The minimum absolute atomic E-state index is 0.0219. The molecular formula is C28H28ClFN4OSi. The van der Waals surface area contributed by atoms with Crippen LogP contribution in [0.5, 0.6) is 0 Å². The summed E-state index contributed by atoms with van der Waals surface area (Å²) in [5, 5.41) is 4.17. The van der Waals surface area contributed by atoms with E-state index in [4.69, 9.17) is 26.0 Å². The van der Waals surface area contributed by atoms with Crippen molar-refractivity contribution in [3.63, 3.8) is 0 Å². The summed E-state index contributed by atoms with van der Waals surface area (Å²) in [6.45, 7) is 11.4. The third-order valence-corrected chi connectivity index (χ3v) is 11.1. The summed E-state index contributed by atoms with van der Waals surface area (Å²) in [5.74, 6) is 6.98. The molecule has 0 spiro atoms. The molecule has 36 heavy (non-hydrogen) atoms. The topological polar surface area (TPSA) is 59.9 Å². The zero-order chi connectivity index (χ0) is 25.9. The van der Waals surface area contributed by atoms with Gasteiger partial charge in [-0.15, -0.1) is 0 Å². The molecule has 184 valence electrons. The number of nitrogens with one attached hydrogen (secondary N) is 1. The van der Waals surface area contributed by atoms with Crippen LogP contribution in [0, 0.1) is 17.7 Å². The highest BCUT2D eigenvalue weighted by molar-refractivity contribution is 6.74. The Morgan fingerprint density at radius 1 is 1.08 bits per heavy atom. The summed E-state index contributed by atoms with van der Waals surface area (Å²) < 4.78 is 20.0. The van der Waals surface area contributed by atoms with Gasteiger partial charge in [-0.05, 0) is 60.6 Å². The van der Waals surface area contributed by atoms with Gasteiger partial charge in [-0.2, -0.15) is 0 Å². The fourth-order valence-corrected chi connectivity index (χ4v) is 4.32. The van der Waals surface area contributed by atoms with Gasteiger partial charge in [0.2, 0.25) is 0 Å². The first kappa shape index (κ1) is 25.8. The van der Waals surface area contributed by atoms with Crippen molar-refractivity contribution in [2.45, 2.75) is 38.9 Å². The van der Waals surface area contributed by atoms with Crippen LogP contribution in [0.4, 0.5) is 15.9 Å². The van der Waals surface area contributed by atoms with Crippen LogP contribution in [0.25, 0.3) is 22.3 Å². The molecule has 0 atom stereocenters. The molecule has 0 bridgehead atoms. The van der Waals surface area contributed by atoms with Crippen molar-refractivity contribution in [3.05, 3.63) is 77.3 Å². The van der Waals surface area contributed by atoms with Crippen LogP contribution in [0.1, 0.15) is 26.3 Å². The van der Waals surface area contributed by atoms with Gasteiger partial charge in [0.15, 0.2) is 14.1 Å². The van der Waals surface area contributed by atoms with Gasteiger partial charge >= 0.3 is 0 Å². The Morgan fingerprint density at radius 3 is 2.58 bits per heavy atom. The number of benzene rings is 2. The average Bonchev–Trinajstić information content (AvgIpc) is 2.84. The lowest BCUT2D eigenvalue weighted by molar-refractivity contribution is 0.334. The van der Waals surface area contributed by atoms with Crippen LogP contribution in [0.3, 0.4) is 0 Å². The molecule has 0 unspecified atom stereocenters. The zero-order valence-electron chi connectivity index (χ0n) is 21.0. The quantitative estimate of drug-likeness (QED) is 0.218. The van der Waals surface area contributed by atoms with E-state index in [9.17, 15) is 4.39 Å². The maximum absolute atomic E-state index is 13.8. The van der Waals surface area contributed by atoms with Crippen LogP contribution in [0.2, 0.25) is 23.2 Å². The van der Waals surface area contributed by atoms with Crippen LogP contribution in [0.15, 0.2) is 60.9 Å². The Hall–Kier alpha value is -3.31. The molecule has 0 saturated carbocycles. The predicted molar refractivity (Wildman–Crippen MR) is 147 cm³/mol. The molecule has 1 N–H and O–H groups in total. The highest BCUT2D eigenvalue weighted by Gasteiger charge is 2.36. The van der Waals surface area contributed by atoms with Crippen LogP contribution in [-0.2, 0) is 4.43 Å². The normalized spacial score (nSPS) is 11.8. The van der Waals surface area contributed by atoms with Gasteiger partial charge < -0.3 is 9.74 Å². The number of pyridine rings is 1. The molecule has 5 nitrogen and oxygen atoms in total. The Bertz CT molecular complexity index is 1460. The van der Waals surface area contributed by atoms with Gasteiger partial charge in [-0.3, -0.25) is 4.98 Å². The second kappa shape index (κ2) is 10.4. The Labute approximate surface area is 217 Å². The van der Waals surface area contributed by atoms with Crippen LogP contribution < -0.4 is 5.32 Å². The van der Waals surface area contributed by atoms with E-state index >= 15 is 0 Å². The molecule has 2 aromatic carbocycles. The average molecular weight is 519 g/mol. The SMILES string of the molecule is CC(C)(C)[Si](C)(C)OCC#Cc1cccc2nc(-c3cccnc3)nc(Nc3ccc(F)c(Cl)c3)c12. The number of hydrogen-bond donors (Lipinski definition) is 1. The van der Waals surface area contributed by atoms with E-state index in [-0.39, 0.29) is 10.1 Å². The number of nitrogens with zero attached hydrogens (tertiary/aromatic N) is 3. The molecule has 8 heteroatoms. The molecule has 2 heterocycles. The first-order valence-electron chi connectivity index (χ1n) is 11.6. The highest BCUT2D eigenvalue weighted by Crippen LogP contribution is 2.36. The summed E-state index contributed by atoms with van der Waals surface area (Å²) in [7, 11) is -1.90. The number of rotatable bonds is 5. The number of fused-ring (bicyclic) bond motifs is 1. The minimum Gasteiger partial charge on any atom is -0.406 e. The van der Waals surface area contributed by atoms with E-state index in [0.29, 0.717) is 23.9 Å². The van der Waals surface area contributed by atoms with Crippen LogP contribution >= 0.6 is 11.6 Å². The van der Waals surface area contributed by atoms with Gasteiger partial charge in [0.25, 0.3) is 0 Å². The van der Waals surface area contributed by atoms with Crippen molar-refractivity contribution < 1.29 is 8.82 Å². The molecule has 4 rings (SSSR count). The van der Waals surface area contributed by atoms with Crippen molar-refractivity contribution >= 4 is 42.3 Å². The molecule has 4 aromatic rings. The first-order valence-corrected chi connectivity index (χ1v) is 14.9. The van der Waals surface area contributed by atoms with E-state index in [2.05, 4.69) is 56.0 Å². The lowest BCUT2D eigenvalue weighted by atomic mass is 10.1. The Kier molecular flexibility index (Phi) is 7.41. The van der Waals surface area contributed by atoms with Gasteiger partial charge in [-0.25, -0.2) is 14.4 Å². The van der Waals surface area contributed by atoms with Crippen LogP contribution in [-0.4, -0.2) is 29.9 Å². The summed E-state index contributed by atoms with van der Waals surface area (Å²) >= 11 is 6.02. The van der Waals surface area contributed by atoms with Gasteiger partial charge in [0, 0.05) is 29.2 Å². The van der Waals surface area contributed by atoms with Crippen molar-refractivity contribution in [2.24, 2.45) is 0 Å². The number of hydrogen-bond acceptors (Lipinski definition) is 5. The third-order valence-electron chi connectivity index (χ3n) is 6.36. The van der Waals surface area contributed by atoms with Crippen molar-refractivity contribution in [3.8, 4) is 23.2 Å². The van der Waals surface area contributed by atoms with E-state index in [0.717, 1.165) is 22.0 Å². The lowest BCUT2D eigenvalue weighted by Crippen LogP contribution is -2.40. The maximum atomic E-state index is 13.8. The third kappa shape index (κ3) is 5.73. The number of aromatic nitrogens is 3. The molecule has 0 amide bonds. The first-order chi connectivity index (χ1) is 17.0. The molecule has 0 radical (unpaired) electrons. The molecular weight excluding hydrogens is 491 g/mol. The maximum Gasteiger partial charge on any atom is 0.193 e. The zero-order valence-corrected chi connectivity index (χ0v) is 22.7. The number of anilines is 2. The molecule has 2 aromatic heterocycles. The molecule has 0 fully saturated rings. The highest BCUT2D eigenvalue weighted by atomic mass is 35.5. The second-order valence-corrected chi connectivity index (χ2v) is 15.2.